The van der Waals surface area contributed by atoms with E-state index in [1.54, 1.807) is 23.6 Å². The summed E-state index contributed by atoms with van der Waals surface area (Å²) >= 11 is 0. The van der Waals surface area contributed by atoms with E-state index in [1.807, 2.05) is 55.5 Å². The number of carboxylic acids is 1. The van der Waals surface area contributed by atoms with Gasteiger partial charge in [-0.15, -0.1) is 0 Å². The van der Waals surface area contributed by atoms with Crippen LogP contribution in [0.3, 0.4) is 0 Å². The summed E-state index contributed by atoms with van der Waals surface area (Å²) < 4.78 is 13.4. The number of hydrogen-bond acceptors (Lipinski definition) is 4. The van der Waals surface area contributed by atoms with Crippen molar-refractivity contribution < 1.29 is 24.2 Å². The fourth-order valence-electron chi connectivity index (χ4n) is 4.72. The Morgan fingerprint density at radius 2 is 1.82 bits per heavy atom. The monoisotopic (exact) mass is 455 g/mol. The number of aryl methyl sites for hydroxylation is 1. The van der Waals surface area contributed by atoms with E-state index in [1.165, 1.54) is 0 Å². The van der Waals surface area contributed by atoms with Crippen molar-refractivity contribution in [1.29, 1.82) is 0 Å². The fourth-order valence-corrected chi connectivity index (χ4v) is 4.72. The van der Waals surface area contributed by atoms with Gasteiger partial charge in [0.25, 0.3) is 5.91 Å². The zero-order valence-corrected chi connectivity index (χ0v) is 19.1. The first-order chi connectivity index (χ1) is 16.4. The molecule has 0 fully saturated rings. The molecule has 2 heterocycles. The number of hydrogen-bond donors (Lipinski definition) is 1. The third-order valence-electron chi connectivity index (χ3n) is 6.45. The number of aromatic nitrogens is 1. The second-order valence-electron chi connectivity index (χ2n) is 8.63. The van der Waals surface area contributed by atoms with Gasteiger partial charge in [0, 0.05) is 22.2 Å². The topological polar surface area (TPSA) is 77.8 Å². The SMILES string of the molecule is Cc1cc(OCC2COc3ccccc32)ccc1C(=O)n1c(C)c(CC(=O)O)c2ccccc21. The van der Waals surface area contributed by atoms with Gasteiger partial charge in [0.2, 0.25) is 0 Å². The molecule has 1 N–H and O–H groups in total. The molecule has 0 amide bonds. The Morgan fingerprint density at radius 3 is 2.62 bits per heavy atom. The molecule has 172 valence electrons. The normalized spacial score (nSPS) is 14.6. The quantitative estimate of drug-likeness (QED) is 0.436. The van der Waals surface area contributed by atoms with Crippen LogP contribution in [0, 0.1) is 13.8 Å². The number of ether oxygens (including phenoxy) is 2. The van der Waals surface area contributed by atoms with E-state index in [2.05, 4.69) is 6.07 Å². The number of carbonyl (C=O) groups is 2. The highest BCUT2D eigenvalue weighted by atomic mass is 16.5. The molecule has 0 radical (unpaired) electrons. The van der Waals surface area contributed by atoms with Gasteiger partial charge in [-0.2, -0.15) is 0 Å². The van der Waals surface area contributed by atoms with Gasteiger partial charge in [0.05, 0.1) is 31.1 Å². The van der Waals surface area contributed by atoms with Crippen LogP contribution in [0.15, 0.2) is 66.7 Å². The van der Waals surface area contributed by atoms with Crippen molar-refractivity contribution in [2.45, 2.75) is 26.2 Å². The number of fused-ring (bicyclic) bond motifs is 2. The van der Waals surface area contributed by atoms with Gasteiger partial charge in [0.15, 0.2) is 0 Å². The summed E-state index contributed by atoms with van der Waals surface area (Å²) in [6, 6.07) is 20.9. The molecule has 6 nitrogen and oxygen atoms in total. The first-order valence-electron chi connectivity index (χ1n) is 11.2. The van der Waals surface area contributed by atoms with Crippen LogP contribution < -0.4 is 9.47 Å². The van der Waals surface area contributed by atoms with Crippen molar-refractivity contribution in [3.8, 4) is 11.5 Å². The van der Waals surface area contributed by atoms with Crippen LogP contribution in [-0.2, 0) is 11.2 Å². The predicted octanol–water partition coefficient (Wildman–Crippen LogP) is 5.13. The molecule has 1 aliphatic heterocycles. The Labute approximate surface area is 197 Å². The number of carboxylic acid groups (broad SMARTS) is 1. The summed E-state index contributed by atoms with van der Waals surface area (Å²) in [6.45, 7) is 4.76. The van der Waals surface area contributed by atoms with Gasteiger partial charge in [0.1, 0.15) is 11.5 Å². The first kappa shape index (κ1) is 21.8. The molecular weight excluding hydrogens is 430 g/mol. The van der Waals surface area contributed by atoms with E-state index < -0.39 is 5.97 Å². The van der Waals surface area contributed by atoms with Crippen molar-refractivity contribution >= 4 is 22.8 Å². The lowest BCUT2D eigenvalue weighted by atomic mass is 10.0. The zero-order valence-electron chi connectivity index (χ0n) is 19.1. The van der Waals surface area contributed by atoms with Gasteiger partial charge < -0.3 is 14.6 Å². The van der Waals surface area contributed by atoms with E-state index >= 15 is 0 Å². The molecule has 0 spiro atoms. The summed E-state index contributed by atoms with van der Waals surface area (Å²) in [5.41, 5.74) is 4.51. The van der Waals surface area contributed by atoms with E-state index in [9.17, 15) is 14.7 Å². The minimum Gasteiger partial charge on any atom is -0.493 e. The fraction of sp³-hybridized carbons (Fsp3) is 0.214. The molecule has 0 saturated carbocycles. The second-order valence-corrected chi connectivity index (χ2v) is 8.63. The Hall–Kier alpha value is -4.06. The molecule has 4 aromatic rings. The molecule has 6 heteroatoms. The standard InChI is InChI=1S/C28H25NO5/c1-17-13-20(33-15-19-16-34-26-10-6-4-7-22(19)26)11-12-21(17)28(32)29-18(2)24(14-27(30)31)23-8-3-5-9-25(23)29/h3-13,19H,14-16H2,1-2H3,(H,30,31). The largest absolute Gasteiger partial charge is 0.493 e. The molecule has 0 aliphatic carbocycles. The van der Waals surface area contributed by atoms with Crippen LogP contribution in [0.5, 0.6) is 11.5 Å². The molecule has 3 aromatic carbocycles. The van der Waals surface area contributed by atoms with E-state index in [4.69, 9.17) is 9.47 Å². The summed E-state index contributed by atoms with van der Waals surface area (Å²) in [4.78, 5) is 25.0. The lowest BCUT2D eigenvalue weighted by Crippen LogP contribution is -2.16. The molecule has 0 saturated heterocycles. The highest BCUT2D eigenvalue weighted by Gasteiger charge is 2.25. The Balaban J connectivity index is 1.40. The maximum Gasteiger partial charge on any atom is 0.307 e. The molecule has 1 atom stereocenters. The lowest BCUT2D eigenvalue weighted by Gasteiger charge is -2.14. The summed E-state index contributed by atoms with van der Waals surface area (Å²) in [6.07, 6.45) is -0.133. The Kier molecular flexibility index (Phi) is 5.57. The molecule has 1 aromatic heterocycles. The number of carbonyl (C=O) groups excluding carboxylic acids is 1. The molecule has 1 aliphatic rings. The third-order valence-corrected chi connectivity index (χ3v) is 6.45. The van der Waals surface area contributed by atoms with Gasteiger partial charge in [-0.3, -0.25) is 14.2 Å². The number of rotatable bonds is 6. The van der Waals surface area contributed by atoms with E-state index in [0.29, 0.717) is 41.3 Å². The van der Waals surface area contributed by atoms with Crippen molar-refractivity contribution in [1.82, 2.24) is 4.57 Å². The summed E-state index contributed by atoms with van der Waals surface area (Å²) in [5, 5.41) is 10.1. The predicted molar refractivity (Wildman–Crippen MR) is 129 cm³/mol. The molecule has 34 heavy (non-hydrogen) atoms. The zero-order chi connectivity index (χ0) is 23.8. The van der Waals surface area contributed by atoms with Crippen LogP contribution >= 0.6 is 0 Å². The molecule has 1 unspecified atom stereocenters. The van der Waals surface area contributed by atoms with Crippen molar-refractivity contribution in [2.24, 2.45) is 0 Å². The number of nitrogens with zero attached hydrogens (tertiary/aromatic N) is 1. The summed E-state index contributed by atoms with van der Waals surface area (Å²) in [7, 11) is 0. The van der Waals surface area contributed by atoms with E-state index in [0.717, 1.165) is 22.3 Å². The average molecular weight is 456 g/mol. The second kappa shape index (κ2) is 8.71. The third kappa shape index (κ3) is 3.81. The number of para-hydroxylation sites is 2. The Morgan fingerprint density at radius 1 is 1.06 bits per heavy atom. The van der Waals surface area contributed by atoms with Crippen LogP contribution in [0.4, 0.5) is 0 Å². The average Bonchev–Trinajstić information content (AvgIpc) is 3.36. The Bertz CT molecular complexity index is 1420. The molecular formula is C28H25NO5. The smallest absolute Gasteiger partial charge is 0.307 e. The van der Waals surface area contributed by atoms with Crippen LogP contribution in [0.25, 0.3) is 10.9 Å². The van der Waals surface area contributed by atoms with E-state index in [-0.39, 0.29) is 18.2 Å². The summed E-state index contributed by atoms with van der Waals surface area (Å²) in [5.74, 6) is 0.655. The van der Waals surface area contributed by atoms with Gasteiger partial charge >= 0.3 is 5.97 Å². The minimum absolute atomic E-state index is 0.133. The van der Waals surface area contributed by atoms with Gasteiger partial charge in [-0.1, -0.05) is 36.4 Å². The minimum atomic E-state index is -0.925. The molecule has 5 rings (SSSR count). The highest BCUT2D eigenvalue weighted by Crippen LogP contribution is 2.34. The molecule has 0 bridgehead atoms. The lowest BCUT2D eigenvalue weighted by molar-refractivity contribution is -0.136. The van der Waals surface area contributed by atoms with Gasteiger partial charge in [-0.25, -0.2) is 0 Å². The van der Waals surface area contributed by atoms with Crippen LogP contribution in [0.2, 0.25) is 0 Å². The van der Waals surface area contributed by atoms with Gasteiger partial charge in [-0.05, 0) is 55.3 Å². The number of benzene rings is 3. The number of aliphatic carboxylic acids is 1. The van der Waals surface area contributed by atoms with Crippen LogP contribution in [0.1, 0.15) is 38.7 Å². The first-order valence-corrected chi connectivity index (χ1v) is 11.2. The van der Waals surface area contributed by atoms with Crippen molar-refractivity contribution in [2.75, 3.05) is 13.2 Å². The van der Waals surface area contributed by atoms with Crippen molar-refractivity contribution in [3.05, 3.63) is 94.7 Å². The maximum atomic E-state index is 13.6. The van der Waals surface area contributed by atoms with Crippen molar-refractivity contribution in [3.63, 3.8) is 0 Å². The van der Waals surface area contributed by atoms with Crippen LogP contribution in [-0.4, -0.2) is 34.8 Å². The maximum absolute atomic E-state index is 13.6. The highest BCUT2D eigenvalue weighted by molar-refractivity contribution is 6.05.